The van der Waals surface area contributed by atoms with Gasteiger partial charge in [-0.3, -0.25) is 4.79 Å². The summed E-state index contributed by atoms with van der Waals surface area (Å²) in [6.07, 6.45) is 4.42. The zero-order valence-electron chi connectivity index (χ0n) is 8.92. The van der Waals surface area contributed by atoms with E-state index < -0.39 is 0 Å². The van der Waals surface area contributed by atoms with Gasteiger partial charge in [-0.25, -0.2) is 0 Å². The molecule has 0 heterocycles. The summed E-state index contributed by atoms with van der Waals surface area (Å²) >= 11 is 6.05. The monoisotopic (exact) mass is 222 g/mol. The molecule has 2 rings (SSSR count). The van der Waals surface area contributed by atoms with Crippen LogP contribution in [0.4, 0.5) is 0 Å². The fourth-order valence-corrected chi connectivity index (χ4v) is 2.45. The van der Waals surface area contributed by atoms with E-state index in [1.807, 2.05) is 25.1 Å². The zero-order chi connectivity index (χ0) is 10.8. The predicted octanol–water partition coefficient (Wildman–Crippen LogP) is 4.02. The fourth-order valence-electron chi connectivity index (χ4n) is 2.24. The van der Waals surface area contributed by atoms with Crippen molar-refractivity contribution in [3.8, 4) is 0 Å². The topological polar surface area (TPSA) is 17.1 Å². The van der Waals surface area contributed by atoms with Crippen LogP contribution in [-0.4, -0.2) is 5.78 Å². The van der Waals surface area contributed by atoms with Crippen molar-refractivity contribution in [2.75, 3.05) is 0 Å². The van der Waals surface area contributed by atoms with Crippen molar-refractivity contribution in [3.05, 3.63) is 34.3 Å². The molecule has 2 heteroatoms. The second kappa shape index (κ2) is 4.36. The number of halogens is 1. The summed E-state index contributed by atoms with van der Waals surface area (Å²) in [5, 5.41) is 0.595. The quantitative estimate of drug-likeness (QED) is 0.691. The van der Waals surface area contributed by atoms with Crippen LogP contribution in [0.25, 0.3) is 0 Å². The Morgan fingerprint density at radius 2 is 2.00 bits per heavy atom. The molecule has 0 unspecified atom stereocenters. The van der Waals surface area contributed by atoms with E-state index in [9.17, 15) is 4.79 Å². The number of rotatable bonds is 2. The molecule has 0 aromatic heterocycles. The van der Waals surface area contributed by atoms with Crippen molar-refractivity contribution >= 4 is 17.4 Å². The van der Waals surface area contributed by atoms with Gasteiger partial charge in [0.15, 0.2) is 5.78 Å². The highest BCUT2D eigenvalue weighted by Gasteiger charge is 2.25. The summed E-state index contributed by atoms with van der Waals surface area (Å²) in [7, 11) is 0. The highest BCUT2D eigenvalue weighted by Crippen LogP contribution is 2.30. The summed E-state index contributed by atoms with van der Waals surface area (Å²) < 4.78 is 0. The van der Waals surface area contributed by atoms with Gasteiger partial charge < -0.3 is 0 Å². The Balaban J connectivity index is 2.27. The van der Waals surface area contributed by atoms with Gasteiger partial charge in [-0.2, -0.15) is 0 Å². The zero-order valence-corrected chi connectivity index (χ0v) is 9.68. The van der Waals surface area contributed by atoms with Crippen molar-refractivity contribution in [1.82, 2.24) is 0 Å². The highest BCUT2D eigenvalue weighted by molar-refractivity contribution is 6.34. The van der Waals surface area contributed by atoms with Gasteiger partial charge in [-0.05, 0) is 31.9 Å². The van der Waals surface area contributed by atoms with Crippen molar-refractivity contribution in [3.63, 3.8) is 0 Å². The first-order chi connectivity index (χ1) is 7.18. The lowest BCUT2D eigenvalue weighted by atomic mass is 9.95. The molecule has 15 heavy (non-hydrogen) atoms. The van der Waals surface area contributed by atoms with E-state index in [0.717, 1.165) is 18.4 Å². The highest BCUT2D eigenvalue weighted by atomic mass is 35.5. The van der Waals surface area contributed by atoms with E-state index in [2.05, 4.69) is 0 Å². The Bertz CT molecular complexity index is 378. The fraction of sp³-hybridized carbons (Fsp3) is 0.462. The standard InChI is InChI=1S/C13H15ClO/c1-9-6-7-12(14)11(8-9)13(15)10-4-2-3-5-10/h6-8,10H,2-5H2,1H3. The summed E-state index contributed by atoms with van der Waals surface area (Å²) in [4.78, 5) is 12.1. The molecule has 0 atom stereocenters. The molecule has 0 radical (unpaired) electrons. The number of carbonyl (C=O) groups is 1. The van der Waals surface area contributed by atoms with Gasteiger partial charge in [0, 0.05) is 11.5 Å². The number of Topliss-reactive ketones (excluding diaryl/α,β-unsaturated/α-hetero) is 1. The molecule has 0 saturated heterocycles. The lowest BCUT2D eigenvalue weighted by Gasteiger charge is -2.09. The Morgan fingerprint density at radius 1 is 1.33 bits per heavy atom. The van der Waals surface area contributed by atoms with Crippen LogP contribution in [0.3, 0.4) is 0 Å². The van der Waals surface area contributed by atoms with Crippen LogP contribution in [0, 0.1) is 12.8 Å². The van der Waals surface area contributed by atoms with Gasteiger partial charge in [-0.1, -0.05) is 36.1 Å². The van der Waals surface area contributed by atoms with Gasteiger partial charge in [0.1, 0.15) is 0 Å². The van der Waals surface area contributed by atoms with Crippen molar-refractivity contribution in [2.24, 2.45) is 5.92 Å². The third kappa shape index (κ3) is 2.23. The lowest BCUT2D eigenvalue weighted by Crippen LogP contribution is -2.11. The van der Waals surface area contributed by atoms with Crippen LogP contribution < -0.4 is 0 Å². The third-order valence-corrected chi connectivity index (χ3v) is 3.44. The van der Waals surface area contributed by atoms with Crippen molar-refractivity contribution < 1.29 is 4.79 Å². The Kier molecular flexibility index (Phi) is 3.11. The number of ketones is 1. The molecule has 80 valence electrons. The Hall–Kier alpha value is -0.820. The lowest BCUT2D eigenvalue weighted by molar-refractivity contribution is 0.0923. The maximum Gasteiger partial charge on any atom is 0.167 e. The first-order valence-electron chi connectivity index (χ1n) is 5.49. The minimum absolute atomic E-state index is 0.212. The van der Waals surface area contributed by atoms with Gasteiger partial charge in [0.05, 0.1) is 5.02 Å². The van der Waals surface area contributed by atoms with Crippen LogP contribution in [-0.2, 0) is 0 Å². The molecular formula is C13H15ClO. The molecule has 1 saturated carbocycles. The van der Waals surface area contributed by atoms with Crippen molar-refractivity contribution in [2.45, 2.75) is 32.6 Å². The van der Waals surface area contributed by atoms with Gasteiger partial charge in [-0.15, -0.1) is 0 Å². The predicted molar refractivity (Wildman–Crippen MR) is 62.5 cm³/mol. The Morgan fingerprint density at radius 3 is 2.67 bits per heavy atom. The largest absolute Gasteiger partial charge is 0.294 e. The minimum atomic E-state index is 0.212. The molecule has 0 spiro atoms. The second-order valence-electron chi connectivity index (χ2n) is 4.33. The van der Waals surface area contributed by atoms with Crippen LogP contribution in [0.1, 0.15) is 41.6 Å². The normalized spacial score (nSPS) is 16.9. The van der Waals surface area contributed by atoms with E-state index in [-0.39, 0.29) is 11.7 Å². The number of carbonyl (C=O) groups excluding carboxylic acids is 1. The number of benzene rings is 1. The van der Waals surface area contributed by atoms with E-state index in [1.165, 1.54) is 12.8 Å². The molecule has 0 bridgehead atoms. The van der Waals surface area contributed by atoms with E-state index >= 15 is 0 Å². The minimum Gasteiger partial charge on any atom is -0.294 e. The molecule has 0 aliphatic heterocycles. The summed E-state index contributed by atoms with van der Waals surface area (Å²) in [6.45, 7) is 1.99. The van der Waals surface area contributed by atoms with E-state index in [1.54, 1.807) is 0 Å². The summed E-state index contributed by atoms with van der Waals surface area (Å²) in [5.74, 6) is 0.450. The maximum absolute atomic E-state index is 12.1. The molecule has 1 nitrogen and oxygen atoms in total. The smallest absolute Gasteiger partial charge is 0.167 e. The van der Waals surface area contributed by atoms with E-state index in [0.29, 0.717) is 10.6 Å². The number of hydrogen-bond acceptors (Lipinski definition) is 1. The van der Waals surface area contributed by atoms with Crippen molar-refractivity contribution in [1.29, 1.82) is 0 Å². The third-order valence-electron chi connectivity index (χ3n) is 3.11. The van der Waals surface area contributed by atoms with Gasteiger partial charge >= 0.3 is 0 Å². The molecule has 1 aromatic carbocycles. The number of aryl methyl sites for hydroxylation is 1. The first-order valence-corrected chi connectivity index (χ1v) is 5.86. The van der Waals surface area contributed by atoms with Crippen LogP contribution in [0.2, 0.25) is 5.02 Å². The van der Waals surface area contributed by atoms with Crippen LogP contribution in [0.5, 0.6) is 0 Å². The molecule has 1 aliphatic rings. The molecule has 0 amide bonds. The molecule has 1 fully saturated rings. The van der Waals surface area contributed by atoms with Gasteiger partial charge in [0.25, 0.3) is 0 Å². The van der Waals surface area contributed by atoms with Gasteiger partial charge in [0.2, 0.25) is 0 Å². The maximum atomic E-state index is 12.1. The summed E-state index contributed by atoms with van der Waals surface area (Å²) in [5.41, 5.74) is 1.81. The molecule has 1 aliphatic carbocycles. The average Bonchev–Trinajstić information content (AvgIpc) is 2.74. The SMILES string of the molecule is Cc1ccc(Cl)c(C(=O)C2CCCC2)c1. The molecule has 0 N–H and O–H groups in total. The van der Waals surface area contributed by atoms with E-state index in [4.69, 9.17) is 11.6 Å². The second-order valence-corrected chi connectivity index (χ2v) is 4.74. The molecular weight excluding hydrogens is 208 g/mol. The average molecular weight is 223 g/mol. The molecule has 1 aromatic rings. The first kappa shape index (κ1) is 10.7. The number of hydrogen-bond donors (Lipinski definition) is 0. The van der Waals surface area contributed by atoms with Crippen LogP contribution in [0.15, 0.2) is 18.2 Å². The Labute approximate surface area is 95.4 Å². The van der Waals surface area contributed by atoms with Crippen LogP contribution >= 0.6 is 11.6 Å². The summed E-state index contributed by atoms with van der Waals surface area (Å²) in [6, 6.07) is 5.66.